The van der Waals surface area contributed by atoms with Crippen molar-refractivity contribution >= 4 is 5.91 Å². The number of likely N-dealkylation sites (tertiary alicyclic amines) is 1. The minimum atomic E-state index is -0.234. The van der Waals surface area contributed by atoms with E-state index in [2.05, 4.69) is 4.98 Å². The molecule has 1 saturated heterocycles. The van der Waals surface area contributed by atoms with Gasteiger partial charge in [0.2, 0.25) is 5.91 Å². The van der Waals surface area contributed by atoms with Gasteiger partial charge in [-0.1, -0.05) is 6.07 Å². The van der Waals surface area contributed by atoms with Gasteiger partial charge < -0.3 is 9.47 Å². The van der Waals surface area contributed by atoms with Gasteiger partial charge in [-0.3, -0.25) is 4.79 Å². The normalized spacial score (nSPS) is 18.5. The smallest absolute Gasteiger partial charge is 0.223 e. The van der Waals surface area contributed by atoms with E-state index in [1.165, 1.54) is 6.07 Å². The Morgan fingerprint density at radius 1 is 1.38 bits per heavy atom. The van der Waals surface area contributed by atoms with Crippen molar-refractivity contribution in [2.45, 2.75) is 25.8 Å². The van der Waals surface area contributed by atoms with Crippen molar-refractivity contribution in [1.82, 2.24) is 14.5 Å². The molecule has 110 valence electrons. The van der Waals surface area contributed by atoms with Crippen molar-refractivity contribution in [3.05, 3.63) is 53.4 Å². The Labute approximate surface area is 123 Å². The summed E-state index contributed by atoms with van der Waals surface area (Å²) in [5, 5.41) is 0. The summed E-state index contributed by atoms with van der Waals surface area (Å²) in [6, 6.07) is 5.01. The summed E-state index contributed by atoms with van der Waals surface area (Å²) in [5.41, 5.74) is 2.80. The van der Waals surface area contributed by atoms with Crippen molar-refractivity contribution < 1.29 is 9.18 Å². The van der Waals surface area contributed by atoms with Gasteiger partial charge in [-0.2, -0.15) is 0 Å². The number of rotatable bonds is 3. The summed E-state index contributed by atoms with van der Waals surface area (Å²) >= 11 is 0. The number of carbonyl (C=O) groups excluding carboxylic acids is 1. The van der Waals surface area contributed by atoms with Crippen LogP contribution in [0.25, 0.3) is 0 Å². The minimum absolute atomic E-state index is 0.0696. The monoisotopic (exact) mass is 287 g/mol. The molecule has 1 fully saturated rings. The second kappa shape index (κ2) is 5.31. The number of carbonyl (C=O) groups is 1. The number of hydrogen-bond acceptors (Lipinski definition) is 2. The molecule has 0 spiro atoms. The number of amides is 1. The summed E-state index contributed by atoms with van der Waals surface area (Å²) in [6.45, 7) is 3.06. The first-order valence-corrected chi connectivity index (χ1v) is 7.03. The molecule has 0 radical (unpaired) electrons. The number of halogens is 1. The van der Waals surface area contributed by atoms with Crippen molar-refractivity contribution in [3.8, 4) is 0 Å². The maximum absolute atomic E-state index is 13.5. The number of nitrogens with zero attached hydrogens (tertiary/aromatic N) is 3. The van der Waals surface area contributed by atoms with Crippen LogP contribution < -0.4 is 0 Å². The second-order valence-corrected chi connectivity index (χ2v) is 5.73. The van der Waals surface area contributed by atoms with Crippen molar-refractivity contribution in [2.24, 2.45) is 7.05 Å². The third-order valence-electron chi connectivity index (χ3n) is 4.02. The van der Waals surface area contributed by atoms with E-state index in [1.807, 2.05) is 29.5 Å². The highest BCUT2D eigenvalue weighted by Gasteiger charge is 2.31. The van der Waals surface area contributed by atoms with Crippen LogP contribution in [0.1, 0.15) is 29.2 Å². The molecule has 21 heavy (non-hydrogen) atoms. The molecular weight excluding hydrogens is 269 g/mol. The van der Waals surface area contributed by atoms with E-state index in [4.69, 9.17) is 0 Å². The molecule has 0 aliphatic carbocycles. The topological polar surface area (TPSA) is 38.1 Å². The van der Waals surface area contributed by atoms with Crippen LogP contribution in [0.5, 0.6) is 0 Å². The van der Waals surface area contributed by atoms with E-state index >= 15 is 0 Å². The molecule has 3 rings (SSSR count). The van der Waals surface area contributed by atoms with Crippen LogP contribution in [-0.2, 0) is 18.4 Å². The standard InChI is InChI=1S/C16H18FN3O/c1-11-3-12(5-14(17)4-11)13-6-16(21)20(8-13)9-15-7-18-10-19(15)2/h3-5,7,10,13H,6,8-9H2,1-2H3. The molecule has 1 aromatic heterocycles. The lowest BCUT2D eigenvalue weighted by atomic mass is 9.96. The lowest BCUT2D eigenvalue weighted by Crippen LogP contribution is -2.25. The quantitative estimate of drug-likeness (QED) is 0.869. The molecule has 1 aliphatic heterocycles. The number of aromatic nitrogens is 2. The highest BCUT2D eigenvalue weighted by molar-refractivity contribution is 5.79. The van der Waals surface area contributed by atoms with Crippen LogP contribution in [0.15, 0.2) is 30.7 Å². The van der Waals surface area contributed by atoms with Crippen molar-refractivity contribution in [2.75, 3.05) is 6.54 Å². The molecule has 1 unspecified atom stereocenters. The molecule has 1 aliphatic rings. The minimum Gasteiger partial charge on any atom is -0.336 e. The predicted octanol–water partition coefficient (Wildman–Crippen LogP) is 2.38. The Kier molecular flexibility index (Phi) is 3.49. The summed E-state index contributed by atoms with van der Waals surface area (Å²) < 4.78 is 15.4. The van der Waals surface area contributed by atoms with Gasteiger partial charge in [0.1, 0.15) is 5.82 Å². The van der Waals surface area contributed by atoms with E-state index in [0.29, 0.717) is 19.5 Å². The van der Waals surface area contributed by atoms with Gasteiger partial charge in [0.15, 0.2) is 0 Å². The van der Waals surface area contributed by atoms with E-state index in [9.17, 15) is 9.18 Å². The zero-order valence-corrected chi connectivity index (χ0v) is 12.2. The fourth-order valence-electron chi connectivity index (χ4n) is 2.88. The van der Waals surface area contributed by atoms with Crippen molar-refractivity contribution in [3.63, 3.8) is 0 Å². The van der Waals surface area contributed by atoms with Gasteiger partial charge in [-0.25, -0.2) is 9.37 Å². The average molecular weight is 287 g/mol. The number of benzene rings is 1. The summed E-state index contributed by atoms with van der Waals surface area (Å²) in [7, 11) is 1.91. The number of aryl methyl sites for hydroxylation is 2. The van der Waals surface area contributed by atoms with E-state index < -0.39 is 0 Å². The van der Waals surface area contributed by atoms with E-state index in [0.717, 1.165) is 16.8 Å². The molecule has 2 aromatic rings. The fourth-order valence-corrected chi connectivity index (χ4v) is 2.88. The second-order valence-electron chi connectivity index (χ2n) is 5.73. The fraction of sp³-hybridized carbons (Fsp3) is 0.375. The summed E-state index contributed by atoms with van der Waals surface area (Å²) in [5.74, 6) is -0.0502. The van der Waals surface area contributed by atoms with Crippen LogP contribution in [-0.4, -0.2) is 26.9 Å². The first-order valence-electron chi connectivity index (χ1n) is 7.03. The molecule has 0 saturated carbocycles. The maximum atomic E-state index is 13.5. The third kappa shape index (κ3) is 2.82. The Bertz CT molecular complexity index is 660. The SMILES string of the molecule is Cc1cc(F)cc(C2CC(=O)N(Cc3cncn3C)C2)c1. The number of hydrogen-bond donors (Lipinski definition) is 0. The highest BCUT2D eigenvalue weighted by Crippen LogP contribution is 2.30. The van der Waals surface area contributed by atoms with Gasteiger partial charge in [0.25, 0.3) is 0 Å². The average Bonchev–Trinajstić information content (AvgIpc) is 2.97. The molecule has 0 bridgehead atoms. The lowest BCUT2D eigenvalue weighted by molar-refractivity contribution is -0.128. The first kappa shape index (κ1) is 13.8. The van der Waals surface area contributed by atoms with Gasteiger partial charge >= 0.3 is 0 Å². The van der Waals surface area contributed by atoms with Crippen molar-refractivity contribution in [1.29, 1.82) is 0 Å². The first-order chi connectivity index (χ1) is 10.0. The molecule has 4 nitrogen and oxygen atoms in total. The lowest BCUT2D eigenvalue weighted by Gasteiger charge is -2.17. The Balaban J connectivity index is 1.76. The molecule has 1 aromatic carbocycles. The van der Waals surface area contributed by atoms with Crippen LogP contribution >= 0.6 is 0 Å². The van der Waals surface area contributed by atoms with Crippen LogP contribution in [0.4, 0.5) is 4.39 Å². The van der Waals surface area contributed by atoms with Crippen LogP contribution in [0, 0.1) is 12.7 Å². The largest absolute Gasteiger partial charge is 0.336 e. The Morgan fingerprint density at radius 3 is 2.86 bits per heavy atom. The van der Waals surface area contributed by atoms with Gasteiger partial charge in [0, 0.05) is 32.1 Å². The summed E-state index contributed by atoms with van der Waals surface area (Å²) in [4.78, 5) is 18.1. The molecule has 1 amide bonds. The van der Waals surface area contributed by atoms with Crippen LogP contribution in [0.3, 0.4) is 0 Å². The molecule has 5 heteroatoms. The van der Waals surface area contributed by atoms with Gasteiger partial charge in [-0.05, 0) is 30.2 Å². The van der Waals surface area contributed by atoms with Gasteiger partial charge in [-0.15, -0.1) is 0 Å². The number of imidazole rings is 1. The third-order valence-corrected chi connectivity index (χ3v) is 4.02. The Morgan fingerprint density at radius 2 is 2.19 bits per heavy atom. The van der Waals surface area contributed by atoms with Gasteiger partial charge in [0.05, 0.1) is 18.6 Å². The Hall–Kier alpha value is -2.17. The highest BCUT2D eigenvalue weighted by atomic mass is 19.1. The summed E-state index contributed by atoms with van der Waals surface area (Å²) in [6.07, 6.45) is 3.94. The molecule has 2 heterocycles. The molecule has 0 N–H and O–H groups in total. The zero-order chi connectivity index (χ0) is 15.0. The van der Waals surface area contributed by atoms with Crippen LogP contribution in [0.2, 0.25) is 0 Å². The molecule has 1 atom stereocenters. The predicted molar refractivity (Wildman–Crippen MR) is 77.1 cm³/mol. The molecular formula is C16H18FN3O. The van der Waals surface area contributed by atoms with E-state index in [-0.39, 0.29) is 17.6 Å². The zero-order valence-electron chi connectivity index (χ0n) is 12.2. The maximum Gasteiger partial charge on any atom is 0.223 e. The van der Waals surface area contributed by atoms with E-state index in [1.54, 1.807) is 18.6 Å².